The average molecular weight is 507 g/mol. The Kier molecular flexibility index (Phi) is 6.48. The molecule has 4 heterocycles. The van der Waals surface area contributed by atoms with E-state index in [2.05, 4.69) is 86.7 Å². The van der Waals surface area contributed by atoms with Crippen molar-refractivity contribution in [1.82, 2.24) is 14.6 Å². The zero-order valence-electron chi connectivity index (χ0n) is 21.6. The quantitative estimate of drug-likeness (QED) is 0.285. The summed E-state index contributed by atoms with van der Waals surface area (Å²) >= 11 is 0. The van der Waals surface area contributed by atoms with E-state index >= 15 is 0 Å². The van der Waals surface area contributed by atoms with Crippen molar-refractivity contribution < 1.29 is 9.13 Å². The van der Waals surface area contributed by atoms with Crippen LogP contribution < -0.4 is 15.5 Å². The standard InChI is InChI=1S/C20H21FN2O.C12H10N2/c1-13-9-20(24-2)17(21)11-15(13)16-12-22-7-8-23-18-6-4-3-5-14(18)10-19(16)23;1-2-7-12-10(5-1)9-11-6-3-4-8-13-14(11)12/h3-6,9-11,16,22H,7-8,12H2,1-2H3;1-9,13H. The first-order valence-corrected chi connectivity index (χ1v) is 13.0. The number of nitrogens with one attached hydrogen (secondary N) is 2. The van der Waals surface area contributed by atoms with Crippen LogP contribution in [0.3, 0.4) is 0 Å². The smallest absolute Gasteiger partial charge is 0.165 e. The number of nitrogens with zero attached hydrogens (tertiary/aromatic N) is 2. The first kappa shape index (κ1) is 24.1. The zero-order chi connectivity index (χ0) is 26.1. The number of aryl methyl sites for hydroxylation is 1. The van der Waals surface area contributed by atoms with Crippen molar-refractivity contribution in [3.63, 3.8) is 0 Å². The molecule has 0 radical (unpaired) electrons. The van der Waals surface area contributed by atoms with Crippen molar-refractivity contribution in [2.75, 3.05) is 25.6 Å². The second-order valence-electron chi connectivity index (χ2n) is 9.69. The molecule has 1 unspecified atom stereocenters. The molecule has 2 aliphatic rings. The highest BCUT2D eigenvalue weighted by Crippen LogP contribution is 2.35. The summed E-state index contributed by atoms with van der Waals surface area (Å²) in [4.78, 5) is 0. The van der Waals surface area contributed by atoms with Crippen molar-refractivity contribution in [1.29, 1.82) is 0 Å². The van der Waals surface area contributed by atoms with E-state index in [0.29, 0.717) is 5.75 Å². The number of hydrogen-bond acceptors (Lipinski definition) is 3. The maximum Gasteiger partial charge on any atom is 0.165 e. The minimum atomic E-state index is -0.301. The fraction of sp³-hybridized carbons (Fsp3) is 0.188. The van der Waals surface area contributed by atoms with E-state index in [1.54, 1.807) is 12.1 Å². The highest BCUT2D eigenvalue weighted by atomic mass is 19.1. The number of hydrogen-bond donors (Lipinski definition) is 2. The second kappa shape index (κ2) is 10.2. The Morgan fingerprint density at radius 3 is 2.50 bits per heavy atom. The average Bonchev–Trinajstić information content (AvgIpc) is 3.28. The van der Waals surface area contributed by atoms with Gasteiger partial charge in [-0.2, -0.15) is 0 Å². The molecule has 192 valence electrons. The molecule has 3 aromatic carbocycles. The molecule has 2 N–H and O–H groups in total. The third-order valence-electron chi connectivity index (χ3n) is 7.39. The Hall–Kier alpha value is -4.29. The summed E-state index contributed by atoms with van der Waals surface area (Å²) in [7, 11) is 1.50. The molecule has 1 atom stereocenters. The minimum absolute atomic E-state index is 0.125. The predicted octanol–water partition coefficient (Wildman–Crippen LogP) is 6.56. The van der Waals surface area contributed by atoms with Crippen molar-refractivity contribution in [3.8, 4) is 5.75 Å². The summed E-state index contributed by atoms with van der Waals surface area (Å²) < 4.78 is 23.9. The molecule has 0 saturated heterocycles. The van der Waals surface area contributed by atoms with E-state index in [0.717, 1.165) is 30.8 Å². The first-order chi connectivity index (χ1) is 18.6. The van der Waals surface area contributed by atoms with Gasteiger partial charge in [-0.1, -0.05) is 42.5 Å². The van der Waals surface area contributed by atoms with Gasteiger partial charge < -0.3 is 20.0 Å². The van der Waals surface area contributed by atoms with Gasteiger partial charge in [0.05, 0.1) is 18.3 Å². The molecule has 5 aromatic rings. The lowest BCUT2D eigenvalue weighted by Gasteiger charge is -2.20. The number of para-hydroxylation sites is 2. The number of allylic oxidation sites excluding steroid dienone is 2. The minimum Gasteiger partial charge on any atom is -0.494 e. The topological polar surface area (TPSA) is 43.1 Å². The lowest BCUT2D eigenvalue weighted by molar-refractivity contribution is 0.385. The molecule has 0 aliphatic carbocycles. The Morgan fingerprint density at radius 1 is 0.921 bits per heavy atom. The number of benzene rings is 3. The van der Waals surface area contributed by atoms with Crippen molar-refractivity contribution >= 4 is 27.9 Å². The fourth-order valence-electron chi connectivity index (χ4n) is 5.55. The van der Waals surface area contributed by atoms with Gasteiger partial charge in [0.25, 0.3) is 0 Å². The van der Waals surface area contributed by atoms with E-state index in [1.165, 1.54) is 40.3 Å². The normalized spacial score (nSPS) is 16.1. The molecule has 0 fully saturated rings. The summed E-state index contributed by atoms with van der Waals surface area (Å²) in [5.74, 6) is 0.128. The van der Waals surface area contributed by atoms with E-state index in [1.807, 2.05) is 25.3 Å². The van der Waals surface area contributed by atoms with E-state index in [-0.39, 0.29) is 11.7 Å². The van der Waals surface area contributed by atoms with Crippen LogP contribution >= 0.6 is 0 Å². The number of aromatic nitrogens is 2. The molecule has 0 spiro atoms. The van der Waals surface area contributed by atoms with Crippen LogP contribution in [0.2, 0.25) is 0 Å². The monoisotopic (exact) mass is 506 g/mol. The largest absolute Gasteiger partial charge is 0.494 e. The Labute approximate surface area is 221 Å². The molecule has 0 saturated carbocycles. The molecule has 7 rings (SSSR count). The summed E-state index contributed by atoms with van der Waals surface area (Å²) in [6, 6.07) is 24.6. The lowest BCUT2D eigenvalue weighted by Crippen LogP contribution is -2.21. The van der Waals surface area contributed by atoms with Crippen LogP contribution in [0.15, 0.2) is 91.1 Å². The van der Waals surface area contributed by atoms with Gasteiger partial charge in [-0.3, -0.25) is 4.68 Å². The van der Waals surface area contributed by atoms with E-state index < -0.39 is 0 Å². The highest BCUT2D eigenvalue weighted by molar-refractivity contribution is 5.84. The molecule has 0 bridgehead atoms. The van der Waals surface area contributed by atoms with Gasteiger partial charge in [-0.05, 0) is 72.0 Å². The Bertz CT molecular complexity index is 1680. The molecular formula is C32H31FN4O. The van der Waals surface area contributed by atoms with Gasteiger partial charge in [-0.15, -0.1) is 0 Å². The third-order valence-corrected chi connectivity index (χ3v) is 7.39. The van der Waals surface area contributed by atoms with Crippen LogP contribution in [0, 0.1) is 12.7 Å². The summed E-state index contributed by atoms with van der Waals surface area (Å²) in [5.41, 5.74) is 10.2. The Balaban J connectivity index is 0.000000159. The van der Waals surface area contributed by atoms with Crippen molar-refractivity contribution in [2.24, 2.45) is 0 Å². The van der Waals surface area contributed by atoms with Crippen LogP contribution in [-0.2, 0) is 6.54 Å². The number of halogens is 1. The second-order valence-corrected chi connectivity index (χ2v) is 9.69. The van der Waals surface area contributed by atoms with Crippen LogP contribution in [-0.4, -0.2) is 29.4 Å². The van der Waals surface area contributed by atoms with Gasteiger partial charge >= 0.3 is 0 Å². The lowest BCUT2D eigenvalue weighted by atomic mass is 9.91. The van der Waals surface area contributed by atoms with Crippen LogP contribution in [0.1, 0.15) is 28.4 Å². The maximum atomic E-state index is 14.3. The number of rotatable bonds is 2. The van der Waals surface area contributed by atoms with Crippen LogP contribution in [0.25, 0.3) is 27.9 Å². The summed E-state index contributed by atoms with van der Waals surface area (Å²) in [6.45, 7) is 4.68. The van der Waals surface area contributed by atoms with Gasteiger partial charge in [0.1, 0.15) is 0 Å². The number of fused-ring (bicyclic) bond motifs is 6. The van der Waals surface area contributed by atoms with Crippen LogP contribution in [0.5, 0.6) is 5.75 Å². The third kappa shape index (κ3) is 4.37. The predicted molar refractivity (Wildman–Crippen MR) is 154 cm³/mol. The molecule has 2 aromatic heterocycles. The maximum absolute atomic E-state index is 14.3. The van der Waals surface area contributed by atoms with Crippen molar-refractivity contribution in [2.45, 2.75) is 19.4 Å². The van der Waals surface area contributed by atoms with Crippen molar-refractivity contribution in [3.05, 3.63) is 119 Å². The molecule has 6 heteroatoms. The number of methoxy groups -OCH3 is 1. The van der Waals surface area contributed by atoms with Gasteiger partial charge in [0.15, 0.2) is 11.6 Å². The fourth-order valence-corrected chi connectivity index (χ4v) is 5.55. The summed E-state index contributed by atoms with van der Waals surface area (Å²) in [6.07, 6.45) is 8.04. The van der Waals surface area contributed by atoms with Gasteiger partial charge in [0, 0.05) is 48.3 Å². The van der Waals surface area contributed by atoms with Crippen LogP contribution in [0.4, 0.5) is 4.39 Å². The van der Waals surface area contributed by atoms with E-state index in [9.17, 15) is 4.39 Å². The van der Waals surface area contributed by atoms with Gasteiger partial charge in [0.2, 0.25) is 0 Å². The van der Waals surface area contributed by atoms with Gasteiger partial charge in [-0.25, -0.2) is 4.39 Å². The number of ether oxygens (including phenoxy) is 1. The molecule has 38 heavy (non-hydrogen) atoms. The molecular weight excluding hydrogens is 475 g/mol. The molecule has 2 aliphatic heterocycles. The molecule has 0 amide bonds. The highest BCUT2D eigenvalue weighted by Gasteiger charge is 2.25. The Morgan fingerprint density at radius 2 is 1.68 bits per heavy atom. The first-order valence-electron chi connectivity index (χ1n) is 13.0. The molecule has 5 nitrogen and oxygen atoms in total. The van der Waals surface area contributed by atoms with E-state index in [4.69, 9.17) is 4.74 Å². The summed E-state index contributed by atoms with van der Waals surface area (Å²) in [5, 5.41) is 6.00. The zero-order valence-corrected chi connectivity index (χ0v) is 21.6. The SMILES string of the molecule is C1=CNn2c(cc3ccccc32)C=C1.COc1cc(C)c(C2CNCCn3c2cc2ccccc23)cc1F.